The van der Waals surface area contributed by atoms with Gasteiger partial charge in [-0.05, 0) is 72.4 Å². The van der Waals surface area contributed by atoms with Crippen LogP contribution in [0.3, 0.4) is 0 Å². The summed E-state index contributed by atoms with van der Waals surface area (Å²) in [6.45, 7) is 1.40. The molecule has 2 aliphatic carbocycles. The number of benzene rings is 2. The fourth-order valence-electron chi connectivity index (χ4n) is 8.24. The number of hydrogen-bond acceptors (Lipinski definition) is 9. The number of carbonyl (C=O) groups is 2. The topological polar surface area (TPSA) is 135 Å². The van der Waals surface area contributed by atoms with Gasteiger partial charge in [-0.15, -0.1) is 0 Å². The number of hydrogen-bond donors (Lipinski definition) is 2. The number of anilines is 2. The zero-order valence-electron chi connectivity index (χ0n) is 31.0. The molecule has 2 aromatic carbocycles. The van der Waals surface area contributed by atoms with Crippen LogP contribution in [0.25, 0.3) is 21.5 Å². The van der Waals surface area contributed by atoms with E-state index in [9.17, 15) is 35.9 Å². The third kappa shape index (κ3) is 7.15. The number of carbonyl (C=O) groups excluding carboxylic acids is 2. The number of nitrogens with one attached hydrogen (secondary N) is 1. The molecule has 0 bridgehead atoms. The summed E-state index contributed by atoms with van der Waals surface area (Å²) in [5.74, 6) is -11.1. The molecule has 0 spiro atoms. The Balaban J connectivity index is 1.12. The van der Waals surface area contributed by atoms with Gasteiger partial charge in [-0.1, -0.05) is 17.4 Å². The molecule has 3 aliphatic rings. The van der Waals surface area contributed by atoms with Crippen molar-refractivity contribution in [2.24, 2.45) is 11.7 Å². The van der Waals surface area contributed by atoms with Crippen molar-refractivity contribution in [3.05, 3.63) is 118 Å². The van der Waals surface area contributed by atoms with Crippen molar-refractivity contribution in [3.8, 4) is 11.1 Å². The molecule has 4 aromatic heterocycles. The van der Waals surface area contributed by atoms with E-state index in [-0.39, 0.29) is 40.9 Å². The number of fused-ring (bicyclic) bond motifs is 4. The zero-order valence-corrected chi connectivity index (χ0v) is 31.8. The van der Waals surface area contributed by atoms with Crippen molar-refractivity contribution in [2.45, 2.75) is 43.4 Å². The Hall–Kier alpha value is -6.18. The van der Waals surface area contributed by atoms with Gasteiger partial charge in [0.25, 0.3) is 11.8 Å². The summed E-state index contributed by atoms with van der Waals surface area (Å²) < 4.78 is 118. The van der Waals surface area contributed by atoms with Crippen molar-refractivity contribution in [1.82, 2.24) is 30.0 Å². The number of piperazine rings is 1. The maximum Gasteiger partial charge on any atom is 0.435 e. The Bertz CT molecular complexity index is 2660. The summed E-state index contributed by atoms with van der Waals surface area (Å²) in [7, 11) is 0. The van der Waals surface area contributed by atoms with Gasteiger partial charge in [-0.3, -0.25) is 19.3 Å². The molecule has 60 heavy (non-hydrogen) atoms. The number of amides is 2. The van der Waals surface area contributed by atoms with E-state index in [0.717, 1.165) is 23.9 Å². The predicted octanol–water partition coefficient (Wildman–Crippen LogP) is 7.12. The molecule has 1 aliphatic heterocycles. The number of halogens is 8. The van der Waals surface area contributed by atoms with Gasteiger partial charge < -0.3 is 20.9 Å². The van der Waals surface area contributed by atoms with Crippen LogP contribution in [-0.2, 0) is 29.9 Å². The standard InChI is InChI=1S/C40H31F8N9O2S/c41-21-11-19(12-22(42)15-21)13-29(51-31(58)18-57-35-32(34(54-57)40(46,47)48)25-16-27(25)39(35,44)45)33-24(20-1-2-28(43)26(14-20)36(49)59)17-30-37(52-33)53-38(60-30)56-9-7-55(8-10-56)23-3-5-50-6-4-23/h1-6,11-12,14-15,17,25,27,29H,7-10,13,16,18H2,(H2,49,59)(H,51,58)/t25-,27+,29-/m0/s1. The van der Waals surface area contributed by atoms with Crippen molar-refractivity contribution in [3.63, 3.8) is 0 Å². The number of primary amides is 1. The molecule has 2 fully saturated rings. The Morgan fingerprint density at radius 3 is 2.32 bits per heavy atom. The van der Waals surface area contributed by atoms with Crippen molar-refractivity contribution in [2.75, 3.05) is 36.0 Å². The number of alkyl halides is 5. The van der Waals surface area contributed by atoms with Crippen LogP contribution >= 0.6 is 11.3 Å². The van der Waals surface area contributed by atoms with E-state index in [2.05, 4.69) is 25.2 Å². The summed E-state index contributed by atoms with van der Waals surface area (Å²) >= 11 is 1.28. The molecule has 6 aromatic rings. The second-order valence-corrected chi connectivity index (χ2v) is 15.9. The quantitative estimate of drug-likeness (QED) is 0.139. The molecule has 3 N–H and O–H groups in total. The molecule has 11 nitrogen and oxygen atoms in total. The maximum atomic E-state index is 15.4. The first-order valence-electron chi connectivity index (χ1n) is 18.7. The minimum atomic E-state index is -5.07. The predicted molar refractivity (Wildman–Crippen MR) is 203 cm³/mol. The lowest BCUT2D eigenvalue weighted by Gasteiger charge is -2.35. The first kappa shape index (κ1) is 39.3. The Morgan fingerprint density at radius 1 is 0.933 bits per heavy atom. The molecule has 0 unspecified atom stereocenters. The molecule has 1 saturated heterocycles. The van der Waals surface area contributed by atoms with Crippen molar-refractivity contribution >= 4 is 44.3 Å². The molecule has 2 amide bonds. The van der Waals surface area contributed by atoms with Crippen LogP contribution in [-0.4, -0.2) is 62.7 Å². The number of nitrogens with two attached hydrogens (primary N) is 1. The fourth-order valence-corrected chi connectivity index (χ4v) is 9.24. The van der Waals surface area contributed by atoms with E-state index in [0.29, 0.717) is 46.8 Å². The minimum Gasteiger partial charge on any atom is -0.368 e. The van der Waals surface area contributed by atoms with Crippen LogP contribution in [0.5, 0.6) is 0 Å². The lowest BCUT2D eigenvalue weighted by atomic mass is 9.94. The first-order valence-corrected chi connectivity index (χ1v) is 19.5. The van der Waals surface area contributed by atoms with Gasteiger partial charge in [-0.25, -0.2) is 18.2 Å². The highest BCUT2D eigenvalue weighted by molar-refractivity contribution is 7.22. The average molecular weight is 854 g/mol. The largest absolute Gasteiger partial charge is 0.435 e. The van der Waals surface area contributed by atoms with Crippen LogP contribution in [0.2, 0.25) is 0 Å². The molecule has 0 radical (unpaired) electrons. The van der Waals surface area contributed by atoms with E-state index in [4.69, 9.17) is 15.7 Å². The maximum absolute atomic E-state index is 15.4. The van der Waals surface area contributed by atoms with Gasteiger partial charge >= 0.3 is 6.18 Å². The molecule has 310 valence electrons. The van der Waals surface area contributed by atoms with E-state index < -0.39 is 88.3 Å². The summed E-state index contributed by atoms with van der Waals surface area (Å²) in [6, 6.07) is 10.2. The second-order valence-electron chi connectivity index (χ2n) is 14.9. The normalized spacial score (nSPS) is 18.7. The Morgan fingerprint density at radius 2 is 1.63 bits per heavy atom. The Labute approximate surface area is 338 Å². The lowest BCUT2D eigenvalue weighted by molar-refractivity contribution is -0.142. The van der Waals surface area contributed by atoms with Gasteiger partial charge in [-0.2, -0.15) is 32.0 Å². The number of pyridine rings is 2. The summed E-state index contributed by atoms with van der Waals surface area (Å²) in [4.78, 5) is 44.1. The minimum absolute atomic E-state index is 0.00449. The van der Waals surface area contributed by atoms with E-state index in [1.54, 1.807) is 18.5 Å². The Kier molecular flexibility index (Phi) is 9.51. The molecule has 20 heteroatoms. The van der Waals surface area contributed by atoms with Gasteiger partial charge in [0.15, 0.2) is 16.5 Å². The molecule has 9 rings (SSSR count). The van der Waals surface area contributed by atoms with Crippen LogP contribution in [0.1, 0.15) is 56.9 Å². The molecule has 3 atom stereocenters. The number of aromatic nitrogens is 5. The van der Waals surface area contributed by atoms with Crippen molar-refractivity contribution < 1.29 is 44.7 Å². The van der Waals surface area contributed by atoms with Crippen LogP contribution in [0, 0.1) is 23.4 Å². The smallest absolute Gasteiger partial charge is 0.368 e. The number of thiazole rings is 1. The third-order valence-electron chi connectivity index (χ3n) is 11.0. The highest BCUT2D eigenvalue weighted by Crippen LogP contribution is 2.68. The summed E-state index contributed by atoms with van der Waals surface area (Å²) in [5.41, 5.74) is 3.49. The van der Waals surface area contributed by atoms with E-state index in [1.807, 2.05) is 12.1 Å². The molecular formula is C40H31F8N9O2S. The number of nitrogens with zero attached hydrogens (tertiary/aromatic N) is 7. The van der Waals surface area contributed by atoms with Crippen LogP contribution < -0.4 is 20.9 Å². The zero-order chi connectivity index (χ0) is 42.2. The first-order chi connectivity index (χ1) is 28.5. The monoisotopic (exact) mass is 853 g/mol. The second kappa shape index (κ2) is 14.5. The highest BCUT2D eigenvalue weighted by atomic mass is 32.1. The van der Waals surface area contributed by atoms with E-state index in [1.165, 1.54) is 23.5 Å². The summed E-state index contributed by atoms with van der Waals surface area (Å²) in [6.07, 6.45) is -2.19. The third-order valence-corrected chi connectivity index (χ3v) is 12.1. The van der Waals surface area contributed by atoms with Gasteiger partial charge in [0.05, 0.1) is 22.0 Å². The molecular weight excluding hydrogens is 823 g/mol. The van der Waals surface area contributed by atoms with Gasteiger partial charge in [0.2, 0.25) is 5.91 Å². The SMILES string of the molecule is NC(=O)c1cc(-c2cc3sc(N4CCN(c5ccncc5)CC4)nc3nc2[C@H](Cc2cc(F)cc(F)c2)NC(=O)Cn2nc(C(F)(F)F)c3c2C(F)(F)[C@@H]2C[C@H]32)ccc1F. The fraction of sp³-hybridized carbons (Fsp3) is 0.300. The average Bonchev–Trinajstić information content (AvgIpc) is 3.65. The highest BCUT2D eigenvalue weighted by Gasteiger charge is 2.68. The van der Waals surface area contributed by atoms with Crippen LogP contribution in [0.4, 0.5) is 45.9 Å². The van der Waals surface area contributed by atoms with Gasteiger partial charge in [0.1, 0.15) is 29.7 Å². The molecule has 5 heterocycles. The molecule has 1 saturated carbocycles. The van der Waals surface area contributed by atoms with Crippen LogP contribution in [0.15, 0.2) is 67.0 Å². The lowest BCUT2D eigenvalue weighted by Crippen LogP contribution is -2.46. The van der Waals surface area contributed by atoms with Gasteiger partial charge in [0, 0.05) is 67.4 Å². The summed E-state index contributed by atoms with van der Waals surface area (Å²) in [5, 5.41) is 6.67. The van der Waals surface area contributed by atoms with Crippen molar-refractivity contribution in [1.29, 1.82) is 0 Å². The van der Waals surface area contributed by atoms with E-state index >= 15 is 8.78 Å². The number of rotatable bonds is 10.